The first-order valence-corrected chi connectivity index (χ1v) is 7.64. The van der Waals surface area contributed by atoms with Gasteiger partial charge in [-0.1, -0.05) is 43.9 Å². The second kappa shape index (κ2) is 8.98. The number of nitrogens with zero attached hydrogens (tertiary/aromatic N) is 1. The maximum absolute atomic E-state index is 3.61. The van der Waals surface area contributed by atoms with Gasteiger partial charge in [0, 0.05) is 31.9 Å². The van der Waals surface area contributed by atoms with Crippen LogP contribution in [0.5, 0.6) is 0 Å². The van der Waals surface area contributed by atoms with Crippen LogP contribution in [-0.2, 0) is 0 Å². The molecule has 2 heteroatoms. The van der Waals surface area contributed by atoms with Crippen molar-refractivity contribution in [1.29, 1.82) is 0 Å². The standard InChI is InChI=1S/C17H30N2/c1-5-6-7-8-16(3)18-13-14-19(4)17-11-9-15(2)10-12-17/h9-12,16,18H,5-8,13-14H2,1-4H3. The summed E-state index contributed by atoms with van der Waals surface area (Å²) in [4.78, 5) is 2.31. The largest absolute Gasteiger partial charge is 0.373 e. The first-order valence-electron chi connectivity index (χ1n) is 7.64. The zero-order valence-electron chi connectivity index (χ0n) is 13.1. The van der Waals surface area contributed by atoms with Gasteiger partial charge < -0.3 is 10.2 Å². The summed E-state index contributed by atoms with van der Waals surface area (Å²) >= 11 is 0. The van der Waals surface area contributed by atoms with Crippen molar-refractivity contribution in [3.05, 3.63) is 29.8 Å². The summed E-state index contributed by atoms with van der Waals surface area (Å²) < 4.78 is 0. The van der Waals surface area contributed by atoms with Gasteiger partial charge in [0.25, 0.3) is 0 Å². The predicted octanol–water partition coefficient (Wildman–Crippen LogP) is 3.99. The van der Waals surface area contributed by atoms with E-state index in [1.165, 1.54) is 36.9 Å². The van der Waals surface area contributed by atoms with Crippen molar-refractivity contribution in [2.24, 2.45) is 0 Å². The summed E-state index contributed by atoms with van der Waals surface area (Å²) in [6.45, 7) is 8.79. The molecule has 0 radical (unpaired) electrons. The molecular formula is C17H30N2. The van der Waals surface area contributed by atoms with Gasteiger partial charge in [-0.2, -0.15) is 0 Å². The Hall–Kier alpha value is -1.02. The highest BCUT2D eigenvalue weighted by molar-refractivity contribution is 5.46. The highest BCUT2D eigenvalue weighted by Crippen LogP contribution is 2.12. The molecule has 0 heterocycles. The van der Waals surface area contributed by atoms with Gasteiger partial charge in [0.15, 0.2) is 0 Å². The number of unbranched alkanes of at least 4 members (excludes halogenated alkanes) is 2. The molecule has 0 spiro atoms. The van der Waals surface area contributed by atoms with Gasteiger partial charge >= 0.3 is 0 Å². The van der Waals surface area contributed by atoms with E-state index in [-0.39, 0.29) is 0 Å². The number of aryl methyl sites for hydroxylation is 1. The quantitative estimate of drug-likeness (QED) is 0.677. The molecule has 1 aromatic rings. The van der Waals surface area contributed by atoms with Crippen molar-refractivity contribution in [3.63, 3.8) is 0 Å². The van der Waals surface area contributed by atoms with Crippen LogP contribution in [0.15, 0.2) is 24.3 Å². The van der Waals surface area contributed by atoms with Crippen molar-refractivity contribution in [2.75, 3.05) is 25.0 Å². The second-order valence-corrected chi connectivity index (χ2v) is 5.61. The van der Waals surface area contributed by atoms with Crippen molar-refractivity contribution in [2.45, 2.75) is 52.5 Å². The average Bonchev–Trinajstić information content (AvgIpc) is 2.39. The van der Waals surface area contributed by atoms with Crippen LogP contribution in [0.1, 0.15) is 45.1 Å². The number of likely N-dealkylation sites (N-methyl/N-ethyl adjacent to an activating group) is 1. The van der Waals surface area contributed by atoms with E-state index in [1.54, 1.807) is 0 Å². The summed E-state index contributed by atoms with van der Waals surface area (Å²) in [5.74, 6) is 0. The van der Waals surface area contributed by atoms with Crippen molar-refractivity contribution in [3.8, 4) is 0 Å². The summed E-state index contributed by atoms with van der Waals surface area (Å²) in [7, 11) is 2.16. The molecule has 0 saturated heterocycles. The molecule has 0 bridgehead atoms. The molecule has 1 rings (SSSR count). The molecule has 0 fully saturated rings. The van der Waals surface area contributed by atoms with E-state index in [0.29, 0.717) is 6.04 Å². The highest BCUT2D eigenvalue weighted by Gasteiger charge is 2.03. The fourth-order valence-electron chi connectivity index (χ4n) is 2.21. The topological polar surface area (TPSA) is 15.3 Å². The third-order valence-corrected chi connectivity index (χ3v) is 3.66. The lowest BCUT2D eigenvalue weighted by Gasteiger charge is -2.21. The molecule has 0 saturated carbocycles. The minimum atomic E-state index is 0.637. The van der Waals surface area contributed by atoms with Gasteiger partial charge in [-0.15, -0.1) is 0 Å². The monoisotopic (exact) mass is 262 g/mol. The van der Waals surface area contributed by atoms with E-state index in [2.05, 4.69) is 62.3 Å². The molecule has 1 aromatic carbocycles. The molecule has 0 amide bonds. The van der Waals surface area contributed by atoms with Crippen molar-refractivity contribution < 1.29 is 0 Å². The first kappa shape index (κ1) is 16.0. The number of rotatable bonds is 9. The van der Waals surface area contributed by atoms with E-state index in [9.17, 15) is 0 Å². The van der Waals surface area contributed by atoms with E-state index < -0.39 is 0 Å². The van der Waals surface area contributed by atoms with Crippen LogP contribution >= 0.6 is 0 Å². The van der Waals surface area contributed by atoms with Crippen LogP contribution in [0.3, 0.4) is 0 Å². The Morgan fingerprint density at radius 1 is 1.16 bits per heavy atom. The zero-order valence-corrected chi connectivity index (χ0v) is 13.1. The number of anilines is 1. The van der Waals surface area contributed by atoms with Gasteiger partial charge in [-0.3, -0.25) is 0 Å². The Kier molecular flexibility index (Phi) is 7.57. The third kappa shape index (κ3) is 6.63. The minimum absolute atomic E-state index is 0.637. The fraction of sp³-hybridized carbons (Fsp3) is 0.647. The molecule has 19 heavy (non-hydrogen) atoms. The van der Waals surface area contributed by atoms with Crippen LogP contribution in [0.4, 0.5) is 5.69 Å². The Labute approximate surface area is 119 Å². The van der Waals surface area contributed by atoms with Gasteiger partial charge in [-0.25, -0.2) is 0 Å². The van der Waals surface area contributed by atoms with E-state index in [1.807, 2.05) is 0 Å². The molecule has 0 aliphatic rings. The lowest BCUT2D eigenvalue weighted by atomic mass is 10.1. The molecule has 0 aliphatic carbocycles. The van der Waals surface area contributed by atoms with E-state index >= 15 is 0 Å². The minimum Gasteiger partial charge on any atom is -0.373 e. The summed E-state index contributed by atoms with van der Waals surface area (Å²) in [6.07, 6.45) is 5.30. The van der Waals surface area contributed by atoms with Crippen LogP contribution in [0.2, 0.25) is 0 Å². The lowest BCUT2D eigenvalue weighted by Crippen LogP contribution is -2.34. The molecule has 1 atom stereocenters. The zero-order chi connectivity index (χ0) is 14.1. The van der Waals surface area contributed by atoms with Gasteiger partial charge in [0.1, 0.15) is 0 Å². The number of hydrogen-bond acceptors (Lipinski definition) is 2. The van der Waals surface area contributed by atoms with Crippen LogP contribution < -0.4 is 10.2 Å². The van der Waals surface area contributed by atoms with E-state index in [0.717, 1.165) is 13.1 Å². The normalized spacial score (nSPS) is 12.4. The molecular weight excluding hydrogens is 232 g/mol. The Bertz CT molecular complexity index is 332. The van der Waals surface area contributed by atoms with Gasteiger partial charge in [0.05, 0.1) is 0 Å². The maximum Gasteiger partial charge on any atom is 0.0364 e. The number of hydrogen-bond donors (Lipinski definition) is 1. The van der Waals surface area contributed by atoms with Gasteiger partial charge in [-0.05, 0) is 32.4 Å². The highest BCUT2D eigenvalue weighted by atomic mass is 15.1. The van der Waals surface area contributed by atoms with Crippen LogP contribution in [0.25, 0.3) is 0 Å². The molecule has 1 unspecified atom stereocenters. The molecule has 1 N–H and O–H groups in total. The van der Waals surface area contributed by atoms with Crippen molar-refractivity contribution in [1.82, 2.24) is 5.32 Å². The number of nitrogens with one attached hydrogen (secondary N) is 1. The lowest BCUT2D eigenvalue weighted by molar-refractivity contribution is 0.491. The Morgan fingerprint density at radius 3 is 2.47 bits per heavy atom. The molecule has 0 aliphatic heterocycles. The average molecular weight is 262 g/mol. The predicted molar refractivity (Wildman–Crippen MR) is 86.1 cm³/mol. The maximum atomic E-state index is 3.61. The van der Waals surface area contributed by atoms with Crippen LogP contribution in [-0.4, -0.2) is 26.2 Å². The second-order valence-electron chi connectivity index (χ2n) is 5.61. The van der Waals surface area contributed by atoms with E-state index in [4.69, 9.17) is 0 Å². The first-order chi connectivity index (χ1) is 9.13. The summed E-state index contributed by atoms with van der Waals surface area (Å²) in [5.41, 5.74) is 2.62. The SMILES string of the molecule is CCCCCC(C)NCCN(C)c1ccc(C)cc1. The van der Waals surface area contributed by atoms with Gasteiger partial charge in [0.2, 0.25) is 0 Å². The van der Waals surface area contributed by atoms with Crippen LogP contribution in [0, 0.1) is 6.92 Å². The third-order valence-electron chi connectivity index (χ3n) is 3.66. The number of benzene rings is 1. The van der Waals surface area contributed by atoms with Crippen molar-refractivity contribution >= 4 is 5.69 Å². The summed E-state index contributed by atoms with van der Waals surface area (Å²) in [6, 6.07) is 9.37. The molecule has 2 nitrogen and oxygen atoms in total. The smallest absolute Gasteiger partial charge is 0.0364 e. The fourth-order valence-corrected chi connectivity index (χ4v) is 2.21. The Morgan fingerprint density at radius 2 is 1.84 bits per heavy atom. The Balaban J connectivity index is 2.19. The molecule has 108 valence electrons. The summed E-state index contributed by atoms with van der Waals surface area (Å²) in [5, 5.41) is 3.61. The molecule has 0 aromatic heterocycles.